The van der Waals surface area contributed by atoms with Crippen LogP contribution in [0.3, 0.4) is 0 Å². The number of rotatable bonds is 7. The quantitative estimate of drug-likeness (QED) is 0.757. The summed E-state index contributed by atoms with van der Waals surface area (Å²) in [4.78, 5) is 0. The molecule has 1 aromatic carbocycles. The van der Waals surface area contributed by atoms with E-state index in [0.717, 1.165) is 25.3 Å². The number of benzene rings is 1. The summed E-state index contributed by atoms with van der Waals surface area (Å²) in [6.45, 7) is 4.42. The summed E-state index contributed by atoms with van der Waals surface area (Å²) >= 11 is 0. The molecule has 1 aromatic rings. The molecule has 116 valence electrons. The molecule has 2 heteroatoms. The van der Waals surface area contributed by atoms with Crippen molar-refractivity contribution >= 4 is 0 Å². The van der Waals surface area contributed by atoms with Crippen molar-refractivity contribution in [2.75, 3.05) is 13.1 Å². The lowest BCUT2D eigenvalue weighted by atomic mass is 9.77. The zero-order valence-electron chi connectivity index (χ0n) is 13.4. The summed E-state index contributed by atoms with van der Waals surface area (Å²) in [5.74, 6) is 1.10. The molecule has 21 heavy (non-hydrogen) atoms. The molecular formula is C19H29NO. The highest BCUT2D eigenvalue weighted by Crippen LogP contribution is 2.40. The lowest BCUT2D eigenvalue weighted by molar-refractivity contribution is -0.0142. The summed E-state index contributed by atoms with van der Waals surface area (Å²) in [5, 5.41) is 3.51. The van der Waals surface area contributed by atoms with E-state index >= 15 is 0 Å². The van der Waals surface area contributed by atoms with Crippen molar-refractivity contribution in [3.05, 3.63) is 29.3 Å². The van der Waals surface area contributed by atoms with Gasteiger partial charge in [0, 0.05) is 0 Å². The van der Waals surface area contributed by atoms with Gasteiger partial charge < -0.3 is 10.1 Å². The first kappa shape index (κ1) is 14.9. The van der Waals surface area contributed by atoms with Gasteiger partial charge in [-0.15, -0.1) is 0 Å². The fourth-order valence-corrected chi connectivity index (χ4v) is 3.62. The summed E-state index contributed by atoms with van der Waals surface area (Å²) in [6, 6.07) is 6.81. The van der Waals surface area contributed by atoms with Crippen LogP contribution in [0, 0.1) is 0 Å². The zero-order chi connectivity index (χ0) is 14.5. The Morgan fingerprint density at radius 3 is 2.57 bits per heavy atom. The van der Waals surface area contributed by atoms with Crippen molar-refractivity contribution in [2.24, 2.45) is 0 Å². The van der Waals surface area contributed by atoms with Crippen LogP contribution in [0.15, 0.2) is 18.2 Å². The van der Waals surface area contributed by atoms with E-state index in [0.29, 0.717) is 0 Å². The standard InChI is InChI=1S/C19H29NO/c1-2-13-20-14-12-19(10-5-11-19)21-18-9-8-16-6-3-4-7-17(16)15-18/h8-9,15,20H,2-7,10-14H2,1H3. The van der Waals surface area contributed by atoms with Gasteiger partial charge in [-0.3, -0.25) is 0 Å². The summed E-state index contributed by atoms with van der Waals surface area (Å²) in [5.41, 5.74) is 3.18. The minimum absolute atomic E-state index is 0.115. The highest BCUT2D eigenvalue weighted by Gasteiger charge is 2.38. The van der Waals surface area contributed by atoms with E-state index in [-0.39, 0.29) is 5.60 Å². The van der Waals surface area contributed by atoms with Gasteiger partial charge in [0.25, 0.3) is 0 Å². The Hall–Kier alpha value is -1.02. The first-order chi connectivity index (χ1) is 10.3. The fraction of sp³-hybridized carbons (Fsp3) is 0.684. The molecular weight excluding hydrogens is 258 g/mol. The second-order valence-electron chi connectivity index (χ2n) is 6.78. The molecule has 2 aliphatic rings. The van der Waals surface area contributed by atoms with Crippen molar-refractivity contribution in [2.45, 2.75) is 70.3 Å². The maximum atomic E-state index is 6.44. The molecule has 0 spiro atoms. The van der Waals surface area contributed by atoms with Crippen molar-refractivity contribution in [1.29, 1.82) is 0 Å². The molecule has 0 aliphatic heterocycles. The average Bonchev–Trinajstić information content (AvgIpc) is 2.48. The Bertz CT molecular complexity index is 465. The van der Waals surface area contributed by atoms with Crippen LogP contribution in [0.1, 0.15) is 63.0 Å². The SMILES string of the molecule is CCCNCCC1(Oc2ccc3c(c2)CCCC3)CCC1. The predicted octanol–water partition coefficient (Wildman–Crippen LogP) is 4.26. The smallest absolute Gasteiger partial charge is 0.120 e. The minimum atomic E-state index is 0.115. The van der Waals surface area contributed by atoms with E-state index < -0.39 is 0 Å². The minimum Gasteiger partial charge on any atom is -0.487 e. The summed E-state index contributed by atoms with van der Waals surface area (Å²) in [6.07, 6.45) is 11.3. The third-order valence-electron chi connectivity index (χ3n) is 5.10. The van der Waals surface area contributed by atoms with Gasteiger partial charge in [-0.05, 0) is 94.1 Å². The Labute approximate surface area is 129 Å². The van der Waals surface area contributed by atoms with Gasteiger partial charge in [-0.2, -0.15) is 0 Å². The van der Waals surface area contributed by atoms with Gasteiger partial charge in [0.2, 0.25) is 0 Å². The van der Waals surface area contributed by atoms with Crippen LogP contribution < -0.4 is 10.1 Å². The normalized spacial score (nSPS) is 19.7. The number of nitrogens with one attached hydrogen (secondary N) is 1. The Morgan fingerprint density at radius 2 is 1.86 bits per heavy atom. The Balaban J connectivity index is 1.61. The molecule has 2 nitrogen and oxygen atoms in total. The first-order valence-corrected chi connectivity index (χ1v) is 8.83. The van der Waals surface area contributed by atoms with Crippen LogP contribution in [0.4, 0.5) is 0 Å². The van der Waals surface area contributed by atoms with E-state index in [4.69, 9.17) is 4.74 Å². The number of ether oxygens (including phenoxy) is 1. The molecule has 2 aliphatic carbocycles. The van der Waals surface area contributed by atoms with Crippen molar-refractivity contribution in [3.63, 3.8) is 0 Å². The Morgan fingerprint density at radius 1 is 1.05 bits per heavy atom. The molecule has 0 saturated heterocycles. The monoisotopic (exact) mass is 287 g/mol. The summed E-state index contributed by atoms with van der Waals surface area (Å²) in [7, 11) is 0. The highest BCUT2D eigenvalue weighted by atomic mass is 16.5. The van der Waals surface area contributed by atoms with Crippen molar-refractivity contribution in [3.8, 4) is 5.75 Å². The summed E-state index contributed by atoms with van der Waals surface area (Å²) < 4.78 is 6.44. The van der Waals surface area contributed by atoms with E-state index in [2.05, 4.69) is 30.4 Å². The number of aryl methyl sites for hydroxylation is 2. The van der Waals surface area contributed by atoms with Crippen molar-refractivity contribution < 1.29 is 4.74 Å². The molecule has 1 saturated carbocycles. The number of fused-ring (bicyclic) bond motifs is 1. The van der Waals surface area contributed by atoms with Gasteiger partial charge in [-0.1, -0.05) is 13.0 Å². The fourth-order valence-electron chi connectivity index (χ4n) is 3.62. The third-order valence-corrected chi connectivity index (χ3v) is 5.10. The van der Waals surface area contributed by atoms with Crippen LogP contribution in [0.25, 0.3) is 0 Å². The maximum absolute atomic E-state index is 6.44. The maximum Gasteiger partial charge on any atom is 0.120 e. The second kappa shape index (κ2) is 6.83. The van der Waals surface area contributed by atoms with E-state index in [9.17, 15) is 0 Å². The van der Waals surface area contributed by atoms with E-state index in [1.807, 2.05) is 0 Å². The van der Waals surface area contributed by atoms with Crippen LogP contribution >= 0.6 is 0 Å². The molecule has 0 radical (unpaired) electrons. The average molecular weight is 287 g/mol. The lowest BCUT2D eigenvalue weighted by Gasteiger charge is -2.42. The van der Waals surface area contributed by atoms with Crippen LogP contribution in [-0.4, -0.2) is 18.7 Å². The molecule has 1 fully saturated rings. The zero-order valence-corrected chi connectivity index (χ0v) is 13.4. The van der Waals surface area contributed by atoms with Gasteiger partial charge in [0.15, 0.2) is 0 Å². The predicted molar refractivity (Wildman–Crippen MR) is 88.1 cm³/mol. The Kier molecular flexibility index (Phi) is 4.84. The molecule has 0 aromatic heterocycles. The molecule has 0 heterocycles. The molecule has 0 amide bonds. The lowest BCUT2D eigenvalue weighted by Crippen LogP contribution is -2.45. The number of hydrogen-bond donors (Lipinski definition) is 1. The van der Waals surface area contributed by atoms with Crippen LogP contribution in [0.5, 0.6) is 5.75 Å². The highest BCUT2D eigenvalue weighted by molar-refractivity contribution is 5.37. The molecule has 0 unspecified atom stereocenters. The second-order valence-corrected chi connectivity index (χ2v) is 6.78. The van der Waals surface area contributed by atoms with Gasteiger partial charge in [-0.25, -0.2) is 0 Å². The molecule has 0 bridgehead atoms. The molecule has 0 atom stereocenters. The largest absolute Gasteiger partial charge is 0.487 e. The van der Waals surface area contributed by atoms with Gasteiger partial charge >= 0.3 is 0 Å². The van der Waals surface area contributed by atoms with E-state index in [1.165, 1.54) is 56.9 Å². The molecule has 1 N–H and O–H groups in total. The third kappa shape index (κ3) is 3.60. The topological polar surface area (TPSA) is 21.3 Å². The number of hydrogen-bond acceptors (Lipinski definition) is 2. The van der Waals surface area contributed by atoms with Crippen LogP contribution in [-0.2, 0) is 12.8 Å². The first-order valence-electron chi connectivity index (χ1n) is 8.83. The van der Waals surface area contributed by atoms with Crippen molar-refractivity contribution in [1.82, 2.24) is 5.32 Å². The van der Waals surface area contributed by atoms with Gasteiger partial charge in [0.05, 0.1) is 0 Å². The molecule has 3 rings (SSSR count). The van der Waals surface area contributed by atoms with E-state index in [1.54, 1.807) is 5.56 Å². The van der Waals surface area contributed by atoms with Gasteiger partial charge in [0.1, 0.15) is 11.4 Å². The van der Waals surface area contributed by atoms with Crippen LogP contribution in [0.2, 0.25) is 0 Å².